The second-order valence-corrected chi connectivity index (χ2v) is 5.36. The molecule has 118 valence electrons. The van der Waals surface area contributed by atoms with E-state index in [2.05, 4.69) is 15.9 Å². The van der Waals surface area contributed by atoms with Gasteiger partial charge in [0.05, 0.1) is 13.2 Å². The van der Waals surface area contributed by atoms with Crippen molar-refractivity contribution in [2.24, 2.45) is 0 Å². The highest BCUT2D eigenvalue weighted by molar-refractivity contribution is 9.09. The largest absolute Gasteiger partial charge is 0.494 e. The van der Waals surface area contributed by atoms with Gasteiger partial charge in [0.25, 0.3) is 0 Å². The monoisotopic (exact) mass is 358 g/mol. The van der Waals surface area contributed by atoms with E-state index in [1.807, 2.05) is 24.3 Å². The predicted octanol–water partition coefficient (Wildman–Crippen LogP) is 3.36. The summed E-state index contributed by atoms with van der Waals surface area (Å²) in [6.45, 7) is 2.86. The number of rotatable bonds is 10. The van der Waals surface area contributed by atoms with Crippen molar-refractivity contribution < 1.29 is 19.0 Å². The van der Waals surface area contributed by atoms with Gasteiger partial charge < -0.3 is 14.2 Å². The summed E-state index contributed by atoms with van der Waals surface area (Å²) in [6.07, 6.45) is 2.07. The van der Waals surface area contributed by atoms with E-state index in [0.29, 0.717) is 19.6 Å². The summed E-state index contributed by atoms with van der Waals surface area (Å²) in [6, 6.07) is 7.73. The van der Waals surface area contributed by atoms with Crippen LogP contribution in [0.2, 0.25) is 0 Å². The topological polar surface area (TPSA) is 44.8 Å². The van der Waals surface area contributed by atoms with Crippen LogP contribution in [0, 0.1) is 0 Å². The van der Waals surface area contributed by atoms with Crippen LogP contribution >= 0.6 is 15.9 Å². The van der Waals surface area contributed by atoms with Crippen LogP contribution in [0.4, 0.5) is 0 Å². The Balaban J connectivity index is 2.47. The van der Waals surface area contributed by atoms with Crippen LogP contribution in [0.15, 0.2) is 24.3 Å². The van der Waals surface area contributed by atoms with E-state index >= 15 is 0 Å². The van der Waals surface area contributed by atoms with Gasteiger partial charge in [0.2, 0.25) is 0 Å². The molecular formula is C16H23BrO4. The van der Waals surface area contributed by atoms with Crippen molar-refractivity contribution in [3.63, 3.8) is 0 Å². The second kappa shape index (κ2) is 10.6. The van der Waals surface area contributed by atoms with E-state index < -0.39 is 6.10 Å². The van der Waals surface area contributed by atoms with Crippen LogP contribution < -0.4 is 4.74 Å². The highest BCUT2D eigenvalue weighted by Crippen LogP contribution is 2.15. The number of benzene rings is 1. The number of unbranched alkanes of at least 4 members (excludes halogenated alkanes) is 1. The standard InChI is InChI=1S/C16H23BrO4/c1-3-20-16(18)15(19-2)12-13-6-8-14(9-7-13)21-11-5-4-10-17/h6-9,15H,3-5,10-12H2,1-2H3. The van der Waals surface area contributed by atoms with Crippen LogP contribution in [0.25, 0.3) is 0 Å². The Morgan fingerprint density at radius 1 is 1.24 bits per heavy atom. The SMILES string of the molecule is CCOC(=O)C(Cc1ccc(OCCCCBr)cc1)OC. The maximum Gasteiger partial charge on any atom is 0.335 e. The Morgan fingerprint density at radius 2 is 1.95 bits per heavy atom. The van der Waals surface area contributed by atoms with E-state index in [1.54, 1.807) is 6.92 Å². The first-order chi connectivity index (χ1) is 10.2. The van der Waals surface area contributed by atoms with E-state index in [9.17, 15) is 4.79 Å². The van der Waals surface area contributed by atoms with Gasteiger partial charge in [-0.05, 0) is 37.5 Å². The third-order valence-corrected chi connectivity index (χ3v) is 3.54. The number of alkyl halides is 1. The lowest BCUT2D eigenvalue weighted by atomic mass is 10.1. The fourth-order valence-electron chi connectivity index (χ4n) is 1.82. The fourth-order valence-corrected chi connectivity index (χ4v) is 2.22. The van der Waals surface area contributed by atoms with Crippen molar-refractivity contribution in [2.75, 3.05) is 25.7 Å². The molecule has 0 radical (unpaired) electrons. The van der Waals surface area contributed by atoms with E-state index in [4.69, 9.17) is 14.2 Å². The molecule has 0 aliphatic carbocycles. The maximum atomic E-state index is 11.7. The lowest BCUT2D eigenvalue weighted by Crippen LogP contribution is -2.27. The second-order valence-electron chi connectivity index (χ2n) is 4.57. The molecule has 0 fully saturated rings. The summed E-state index contributed by atoms with van der Waals surface area (Å²) < 4.78 is 15.8. The number of halogens is 1. The molecule has 0 amide bonds. The number of hydrogen-bond donors (Lipinski definition) is 0. The molecular weight excluding hydrogens is 336 g/mol. The Labute approximate surface area is 134 Å². The van der Waals surface area contributed by atoms with Gasteiger partial charge in [-0.15, -0.1) is 0 Å². The fraction of sp³-hybridized carbons (Fsp3) is 0.562. The normalized spacial score (nSPS) is 12.0. The molecule has 1 aromatic rings. The molecule has 0 bridgehead atoms. The molecule has 1 atom stereocenters. The summed E-state index contributed by atoms with van der Waals surface area (Å²) >= 11 is 3.39. The Morgan fingerprint density at radius 3 is 2.52 bits per heavy atom. The zero-order chi connectivity index (χ0) is 15.5. The highest BCUT2D eigenvalue weighted by atomic mass is 79.9. The first-order valence-corrected chi connectivity index (χ1v) is 8.30. The molecule has 0 aromatic heterocycles. The number of methoxy groups -OCH3 is 1. The minimum atomic E-state index is -0.560. The predicted molar refractivity (Wildman–Crippen MR) is 86.1 cm³/mol. The van der Waals surface area contributed by atoms with Crippen LogP contribution in [0.3, 0.4) is 0 Å². The third-order valence-electron chi connectivity index (χ3n) is 2.98. The van der Waals surface area contributed by atoms with Crippen LogP contribution in [-0.4, -0.2) is 37.7 Å². The third kappa shape index (κ3) is 6.96. The molecule has 0 aliphatic heterocycles. The molecule has 4 nitrogen and oxygen atoms in total. The van der Waals surface area contributed by atoms with E-state index in [-0.39, 0.29) is 5.97 Å². The lowest BCUT2D eigenvalue weighted by Gasteiger charge is -2.14. The number of esters is 1. The summed E-state index contributed by atoms with van der Waals surface area (Å²) in [5.41, 5.74) is 1.02. The molecule has 0 saturated heterocycles. The van der Waals surface area contributed by atoms with Crippen molar-refractivity contribution in [3.05, 3.63) is 29.8 Å². The summed E-state index contributed by atoms with van der Waals surface area (Å²) in [4.78, 5) is 11.7. The molecule has 1 rings (SSSR count). The molecule has 5 heteroatoms. The van der Waals surface area contributed by atoms with Crippen LogP contribution in [0.1, 0.15) is 25.3 Å². The molecule has 0 aliphatic rings. The van der Waals surface area contributed by atoms with Gasteiger partial charge in [-0.2, -0.15) is 0 Å². The Bertz CT molecular complexity index is 405. The first kappa shape index (κ1) is 18.0. The van der Waals surface area contributed by atoms with Crippen molar-refractivity contribution in [3.8, 4) is 5.75 Å². The zero-order valence-corrected chi connectivity index (χ0v) is 14.2. The molecule has 0 spiro atoms. The Kier molecular flexibility index (Phi) is 9.10. The summed E-state index contributed by atoms with van der Waals surface area (Å²) in [5.74, 6) is 0.522. The maximum absolute atomic E-state index is 11.7. The van der Waals surface area contributed by atoms with Gasteiger partial charge >= 0.3 is 5.97 Å². The van der Waals surface area contributed by atoms with Gasteiger partial charge in [0.15, 0.2) is 6.10 Å². The van der Waals surface area contributed by atoms with Gasteiger partial charge in [0, 0.05) is 18.9 Å². The van der Waals surface area contributed by atoms with Gasteiger partial charge in [-0.3, -0.25) is 0 Å². The van der Waals surface area contributed by atoms with E-state index in [1.165, 1.54) is 7.11 Å². The molecule has 21 heavy (non-hydrogen) atoms. The number of carbonyl (C=O) groups excluding carboxylic acids is 1. The Hall–Kier alpha value is -1.07. The van der Waals surface area contributed by atoms with E-state index in [0.717, 1.165) is 29.5 Å². The average Bonchev–Trinajstić information content (AvgIpc) is 2.50. The van der Waals surface area contributed by atoms with Crippen molar-refractivity contribution in [1.82, 2.24) is 0 Å². The van der Waals surface area contributed by atoms with Gasteiger partial charge in [-0.1, -0.05) is 28.1 Å². The zero-order valence-electron chi connectivity index (χ0n) is 12.6. The highest BCUT2D eigenvalue weighted by Gasteiger charge is 2.19. The van der Waals surface area contributed by atoms with Crippen molar-refractivity contribution >= 4 is 21.9 Å². The summed E-state index contributed by atoms with van der Waals surface area (Å²) in [5, 5.41) is 1.00. The molecule has 0 saturated carbocycles. The summed E-state index contributed by atoms with van der Waals surface area (Å²) in [7, 11) is 1.52. The number of hydrogen-bond acceptors (Lipinski definition) is 4. The van der Waals surface area contributed by atoms with Gasteiger partial charge in [0.1, 0.15) is 5.75 Å². The minimum Gasteiger partial charge on any atom is -0.494 e. The van der Waals surface area contributed by atoms with Crippen molar-refractivity contribution in [2.45, 2.75) is 32.3 Å². The van der Waals surface area contributed by atoms with Gasteiger partial charge in [-0.25, -0.2) is 4.79 Å². The molecule has 1 aromatic carbocycles. The van der Waals surface area contributed by atoms with Crippen molar-refractivity contribution in [1.29, 1.82) is 0 Å². The molecule has 0 heterocycles. The molecule has 1 unspecified atom stereocenters. The lowest BCUT2D eigenvalue weighted by molar-refractivity contribution is -0.154. The quantitative estimate of drug-likeness (QED) is 0.365. The number of ether oxygens (including phenoxy) is 3. The first-order valence-electron chi connectivity index (χ1n) is 7.18. The van der Waals surface area contributed by atoms with Crippen LogP contribution in [-0.2, 0) is 20.7 Å². The minimum absolute atomic E-state index is 0.324. The van der Waals surface area contributed by atoms with Crippen LogP contribution in [0.5, 0.6) is 5.75 Å². The smallest absolute Gasteiger partial charge is 0.335 e. The number of carbonyl (C=O) groups is 1. The molecule has 0 N–H and O–H groups in total. The average molecular weight is 359 g/mol.